The first-order chi connectivity index (χ1) is 8.93. The van der Waals surface area contributed by atoms with E-state index in [1.54, 1.807) is 16.9 Å². The van der Waals surface area contributed by atoms with Crippen molar-refractivity contribution in [2.75, 3.05) is 13.1 Å². The molecule has 0 spiro atoms. The van der Waals surface area contributed by atoms with Crippen LogP contribution >= 0.6 is 11.3 Å². The minimum Gasteiger partial charge on any atom is -0.330 e. The second-order valence-corrected chi connectivity index (χ2v) is 5.33. The second kappa shape index (κ2) is 5.50. The zero-order chi connectivity index (χ0) is 12.2. The molecule has 2 aromatic heterocycles. The van der Waals surface area contributed by atoms with E-state index in [1.807, 2.05) is 12.5 Å². The van der Waals surface area contributed by atoms with E-state index in [0.717, 1.165) is 26.1 Å². The highest BCUT2D eigenvalue weighted by Gasteiger charge is 2.07. The van der Waals surface area contributed by atoms with E-state index in [0.29, 0.717) is 0 Å². The molecule has 18 heavy (non-hydrogen) atoms. The second-order valence-electron chi connectivity index (χ2n) is 4.55. The fourth-order valence-electron chi connectivity index (χ4n) is 2.31. The molecule has 1 aliphatic heterocycles. The van der Waals surface area contributed by atoms with Crippen molar-refractivity contribution in [2.45, 2.75) is 19.4 Å². The van der Waals surface area contributed by atoms with Crippen LogP contribution in [0.1, 0.15) is 12.8 Å². The average molecular weight is 259 g/mol. The highest BCUT2D eigenvalue weighted by Crippen LogP contribution is 2.22. The summed E-state index contributed by atoms with van der Waals surface area (Å²) in [6, 6.07) is 2.15. The van der Waals surface area contributed by atoms with E-state index in [4.69, 9.17) is 0 Å². The van der Waals surface area contributed by atoms with Gasteiger partial charge in [-0.25, -0.2) is 4.98 Å². The van der Waals surface area contributed by atoms with Crippen LogP contribution in [0.2, 0.25) is 0 Å². The summed E-state index contributed by atoms with van der Waals surface area (Å²) in [5.74, 6) is 0. The summed E-state index contributed by atoms with van der Waals surface area (Å²) in [6.07, 6.45) is 8.54. The van der Waals surface area contributed by atoms with Crippen molar-refractivity contribution in [2.24, 2.45) is 0 Å². The number of hydrogen-bond donors (Lipinski definition) is 1. The molecule has 0 atom stereocenters. The van der Waals surface area contributed by atoms with E-state index in [9.17, 15) is 0 Å². The number of nitrogens with zero attached hydrogens (tertiary/aromatic N) is 2. The third-order valence-electron chi connectivity index (χ3n) is 3.36. The van der Waals surface area contributed by atoms with Gasteiger partial charge in [-0.15, -0.1) is 0 Å². The van der Waals surface area contributed by atoms with Crippen molar-refractivity contribution in [1.82, 2.24) is 14.9 Å². The van der Waals surface area contributed by atoms with E-state index in [-0.39, 0.29) is 0 Å². The van der Waals surface area contributed by atoms with E-state index in [1.165, 1.54) is 17.7 Å². The maximum atomic E-state index is 4.28. The van der Waals surface area contributed by atoms with Crippen LogP contribution in [-0.4, -0.2) is 22.6 Å². The maximum absolute atomic E-state index is 4.28. The summed E-state index contributed by atoms with van der Waals surface area (Å²) < 4.78 is 2.25. The molecule has 0 saturated heterocycles. The van der Waals surface area contributed by atoms with Gasteiger partial charge in [-0.1, -0.05) is 11.6 Å². The SMILES string of the molecule is C1=C(CCn2cncc2-c2ccsc2)CCNC1. The molecule has 0 aliphatic carbocycles. The van der Waals surface area contributed by atoms with Crippen LogP contribution < -0.4 is 5.32 Å². The molecule has 4 heteroatoms. The van der Waals surface area contributed by atoms with Gasteiger partial charge in [-0.05, 0) is 30.8 Å². The lowest BCUT2D eigenvalue weighted by atomic mass is 10.1. The van der Waals surface area contributed by atoms with Crippen LogP contribution in [0.15, 0.2) is 41.0 Å². The van der Waals surface area contributed by atoms with Gasteiger partial charge in [0.25, 0.3) is 0 Å². The van der Waals surface area contributed by atoms with E-state index < -0.39 is 0 Å². The number of imidazole rings is 1. The fourth-order valence-corrected chi connectivity index (χ4v) is 2.96. The molecular weight excluding hydrogens is 242 g/mol. The van der Waals surface area contributed by atoms with Crippen LogP contribution in [-0.2, 0) is 6.54 Å². The minimum absolute atomic E-state index is 1.02. The zero-order valence-electron chi connectivity index (χ0n) is 10.3. The van der Waals surface area contributed by atoms with Crippen LogP contribution in [0.3, 0.4) is 0 Å². The third-order valence-corrected chi connectivity index (χ3v) is 4.04. The summed E-state index contributed by atoms with van der Waals surface area (Å²) in [5.41, 5.74) is 4.07. The van der Waals surface area contributed by atoms with Gasteiger partial charge in [-0.2, -0.15) is 11.3 Å². The molecule has 1 aliphatic rings. The largest absolute Gasteiger partial charge is 0.330 e. The molecule has 3 nitrogen and oxygen atoms in total. The Balaban J connectivity index is 1.70. The number of rotatable bonds is 4. The molecule has 0 bridgehead atoms. The molecule has 0 aromatic carbocycles. The van der Waals surface area contributed by atoms with Crippen molar-refractivity contribution >= 4 is 11.3 Å². The Kier molecular flexibility index (Phi) is 3.57. The topological polar surface area (TPSA) is 29.9 Å². The van der Waals surface area contributed by atoms with Crippen molar-refractivity contribution in [3.63, 3.8) is 0 Å². The van der Waals surface area contributed by atoms with E-state index >= 15 is 0 Å². The molecule has 0 amide bonds. The zero-order valence-corrected chi connectivity index (χ0v) is 11.1. The summed E-state index contributed by atoms with van der Waals surface area (Å²) in [7, 11) is 0. The van der Waals surface area contributed by atoms with Gasteiger partial charge in [0.05, 0.1) is 18.2 Å². The number of nitrogens with one attached hydrogen (secondary N) is 1. The Hall–Kier alpha value is -1.39. The maximum Gasteiger partial charge on any atom is 0.0951 e. The monoisotopic (exact) mass is 259 g/mol. The first-order valence-corrected chi connectivity index (χ1v) is 7.29. The van der Waals surface area contributed by atoms with Crippen molar-refractivity contribution in [1.29, 1.82) is 0 Å². The molecule has 0 unspecified atom stereocenters. The predicted octanol–water partition coefficient (Wildman–Crippen LogP) is 2.92. The average Bonchev–Trinajstić information content (AvgIpc) is 3.08. The Morgan fingerprint density at radius 1 is 1.44 bits per heavy atom. The van der Waals surface area contributed by atoms with Gasteiger partial charge in [0.1, 0.15) is 0 Å². The van der Waals surface area contributed by atoms with E-state index in [2.05, 4.69) is 37.8 Å². The molecule has 0 fully saturated rings. The molecule has 3 rings (SSSR count). The van der Waals surface area contributed by atoms with Crippen LogP contribution in [0.25, 0.3) is 11.3 Å². The summed E-state index contributed by atoms with van der Waals surface area (Å²) in [5, 5.41) is 7.64. The summed E-state index contributed by atoms with van der Waals surface area (Å²) >= 11 is 1.73. The Bertz CT molecular complexity index is 525. The normalized spacial score (nSPS) is 15.7. The molecule has 2 aromatic rings. The van der Waals surface area contributed by atoms with Gasteiger partial charge in [-0.3, -0.25) is 0 Å². The van der Waals surface area contributed by atoms with Crippen molar-refractivity contribution in [3.05, 3.63) is 41.0 Å². The lowest BCUT2D eigenvalue weighted by Gasteiger charge is -2.14. The first kappa shape index (κ1) is 11.7. The van der Waals surface area contributed by atoms with Gasteiger partial charge in [0.2, 0.25) is 0 Å². The molecule has 94 valence electrons. The lowest BCUT2D eigenvalue weighted by Crippen LogP contribution is -2.21. The Morgan fingerprint density at radius 3 is 3.22 bits per heavy atom. The molecular formula is C14H17N3S. The molecule has 3 heterocycles. The van der Waals surface area contributed by atoms with Crippen LogP contribution in [0, 0.1) is 0 Å². The highest BCUT2D eigenvalue weighted by molar-refractivity contribution is 7.08. The Morgan fingerprint density at radius 2 is 2.44 bits per heavy atom. The molecule has 0 saturated carbocycles. The number of aryl methyl sites for hydroxylation is 1. The van der Waals surface area contributed by atoms with Crippen LogP contribution in [0.4, 0.5) is 0 Å². The fraction of sp³-hybridized carbons (Fsp3) is 0.357. The third kappa shape index (κ3) is 2.54. The summed E-state index contributed by atoms with van der Waals surface area (Å²) in [4.78, 5) is 4.28. The quantitative estimate of drug-likeness (QED) is 0.856. The standard InChI is InChI=1S/C14H17N3S/c1-5-15-6-2-12(1)3-7-17-11-16-9-14(17)13-4-8-18-10-13/h1,4,8-11,15H,2-3,5-7H2. The van der Waals surface area contributed by atoms with Crippen LogP contribution in [0.5, 0.6) is 0 Å². The summed E-state index contributed by atoms with van der Waals surface area (Å²) in [6.45, 7) is 3.17. The van der Waals surface area contributed by atoms with Gasteiger partial charge < -0.3 is 9.88 Å². The molecule has 1 N–H and O–H groups in total. The Labute approximate surface area is 111 Å². The van der Waals surface area contributed by atoms with Gasteiger partial charge in [0.15, 0.2) is 0 Å². The van der Waals surface area contributed by atoms with Crippen molar-refractivity contribution in [3.8, 4) is 11.3 Å². The smallest absolute Gasteiger partial charge is 0.0951 e. The van der Waals surface area contributed by atoms with Gasteiger partial charge in [0, 0.05) is 24.0 Å². The lowest BCUT2D eigenvalue weighted by molar-refractivity contribution is 0.633. The number of hydrogen-bond acceptors (Lipinski definition) is 3. The van der Waals surface area contributed by atoms with Gasteiger partial charge >= 0.3 is 0 Å². The first-order valence-electron chi connectivity index (χ1n) is 6.35. The van der Waals surface area contributed by atoms with Crippen molar-refractivity contribution < 1.29 is 0 Å². The number of thiophene rings is 1. The number of aromatic nitrogens is 2. The minimum atomic E-state index is 1.02. The predicted molar refractivity (Wildman–Crippen MR) is 75.7 cm³/mol. The molecule has 0 radical (unpaired) electrons. The highest BCUT2D eigenvalue weighted by atomic mass is 32.1.